The molecule has 0 fully saturated rings. The predicted molar refractivity (Wildman–Crippen MR) is 131 cm³/mol. The van der Waals surface area contributed by atoms with Crippen LogP contribution in [0.3, 0.4) is 0 Å². The van der Waals surface area contributed by atoms with Crippen LogP contribution in [-0.2, 0) is 17.6 Å². The minimum atomic E-state index is -0.149. The minimum absolute atomic E-state index is 0.0841. The van der Waals surface area contributed by atoms with Gasteiger partial charge in [0.15, 0.2) is 0 Å². The van der Waals surface area contributed by atoms with Crippen molar-refractivity contribution < 1.29 is 9.59 Å². The number of nitrogens with zero attached hydrogens (tertiary/aromatic N) is 3. The Hall–Kier alpha value is -2.90. The Kier molecular flexibility index (Phi) is 8.25. The van der Waals surface area contributed by atoms with Crippen molar-refractivity contribution in [2.45, 2.75) is 26.7 Å². The first-order valence-electron chi connectivity index (χ1n) is 11.4. The van der Waals surface area contributed by atoms with Gasteiger partial charge in [-0.3, -0.25) is 9.69 Å². The molecule has 0 unspecified atom stereocenters. The molecule has 1 heterocycles. The van der Waals surface area contributed by atoms with Gasteiger partial charge in [-0.05, 0) is 69.4 Å². The molecule has 0 radical (unpaired) electrons. The summed E-state index contributed by atoms with van der Waals surface area (Å²) in [6, 6.07) is 13.7. The molecule has 1 aliphatic heterocycles. The Morgan fingerprint density at radius 2 is 1.66 bits per heavy atom. The normalized spacial score (nSPS) is 12.9. The summed E-state index contributed by atoms with van der Waals surface area (Å²) in [6.07, 6.45) is 1.69. The van der Waals surface area contributed by atoms with E-state index in [1.165, 1.54) is 0 Å². The van der Waals surface area contributed by atoms with Crippen LogP contribution in [0.15, 0.2) is 42.5 Å². The van der Waals surface area contributed by atoms with Crippen molar-refractivity contribution in [3.05, 3.63) is 53.6 Å². The lowest BCUT2D eigenvalue weighted by Gasteiger charge is -2.26. The van der Waals surface area contributed by atoms with Crippen molar-refractivity contribution in [2.24, 2.45) is 0 Å². The number of nitrogens with one attached hydrogen (secondary N) is 2. The Morgan fingerprint density at radius 1 is 0.969 bits per heavy atom. The summed E-state index contributed by atoms with van der Waals surface area (Å²) >= 11 is 0. The van der Waals surface area contributed by atoms with Gasteiger partial charge in [-0.25, -0.2) is 4.79 Å². The zero-order valence-electron chi connectivity index (χ0n) is 19.6. The van der Waals surface area contributed by atoms with E-state index >= 15 is 0 Å². The van der Waals surface area contributed by atoms with Crippen molar-refractivity contribution in [3.63, 3.8) is 0 Å². The van der Waals surface area contributed by atoms with Crippen LogP contribution in [0.1, 0.15) is 25.0 Å². The van der Waals surface area contributed by atoms with E-state index in [9.17, 15) is 9.59 Å². The van der Waals surface area contributed by atoms with Gasteiger partial charge in [0.2, 0.25) is 5.91 Å². The number of fused-ring (bicyclic) bond motifs is 2. The lowest BCUT2D eigenvalue weighted by molar-refractivity contribution is -0.116. The maximum absolute atomic E-state index is 13.4. The molecule has 2 N–H and O–H groups in total. The molecular formula is C25H35N5O2. The van der Waals surface area contributed by atoms with Crippen LogP contribution in [-0.4, -0.2) is 68.6 Å². The number of para-hydroxylation sites is 1. The van der Waals surface area contributed by atoms with Gasteiger partial charge in [0, 0.05) is 18.8 Å². The van der Waals surface area contributed by atoms with E-state index in [2.05, 4.69) is 35.4 Å². The third-order valence-corrected chi connectivity index (χ3v) is 5.77. The lowest BCUT2D eigenvalue weighted by Crippen LogP contribution is -2.41. The summed E-state index contributed by atoms with van der Waals surface area (Å²) in [5.74, 6) is -0.0841. The van der Waals surface area contributed by atoms with Crippen molar-refractivity contribution in [3.8, 4) is 0 Å². The smallest absolute Gasteiger partial charge is 0.326 e. The summed E-state index contributed by atoms with van der Waals surface area (Å²) in [5.41, 5.74) is 4.63. The summed E-state index contributed by atoms with van der Waals surface area (Å²) in [4.78, 5) is 31.6. The third-order valence-electron chi connectivity index (χ3n) is 5.77. The largest absolute Gasteiger partial charge is 0.336 e. The van der Waals surface area contributed by atoms with Crippen LogP contribution in [0.4, 0.5) is 21.9 Å². The zero-order valence-corrected chi connectivity index (χ0v) is 19.6. The number of urea groups is 1. The van der Waals surface area contributed by atoms with E-state index in [4.69, 9.17) is 0 Å². The molecule has 172 valence electrons. The highest BCUT2D eigenvalue weighted by Crippen LogP contribution is 2.37. The fourth-order valence-electron chi connectivity index (χ4n) is 4.05. The number of likely N-dealkylation sites (N-methyl/N-ethyl adjacent to an activating group) is 2. The van der Waals surface area contributed by atoms with E-state index in [0.717, 1.165) is 55.0 Å². The molecule has 0 bridgehead atoms. The fraction of sp³-hybridized carbons (Fsp3) is 0.440. The molecule has 3 rings (SSSR count). The van der Waals surface area contributed by atoms with Crippen LogP contribution >= 0.6 is 0 Å². The number of aryl methyl sites for hydroxylation is 2. The topological polar surface area (TPSA) is 67.9 Å². The quantitative estimate of drug-likeness (QED) is 0.664. The number of benzene rings is 2. The Labute approximate surface area is 191 Å². The van der Waals surface area contributed by atoms with E-state index in [-0.39, 0.29) is 11.9 Å². The Balaban J connectivity index is 1.90. The molecule has 1 aliphatic rings. The molecule has 2 aromatic rings. The van der Waals surface area contributed by atoms with Gasteiger partial charge in [-0.2, -0.15) is 0 Å². The maximum atomic E-state index is 13.4. The maximum Gasteiger partial charge on any atom is 0.326 e. The van der Waals surface area contributed by atoms with Crippen molar-refractivity contribution in [1.82, 2.24) is 15.1 Å². The predicted octanol–water partition coefficient (Wildman–Crippen LogP) is 3.47. The van der Waals surface area contributed by atoms with Gasteiger partial charge < -0.3 is 20.4 Å². The molecule has 2 aromatic carbocycles. The van der Waals surface area contributed by atoms with Crippen LogP contribution in [0.5, 0.6) is 0 Å². The van der Waals surface area contributed by atoms with Gasteiger partial charge in [0.25, 0.3) is 0 Å². The standard InChI is InChI=1S/C25H35N5O2/c1-5-29(6-2)16-15-26-25(32)30-22-10-8-7-9-19(22)11-12-20-13-14-21(17-23(20)30)27-24(31)18-28(3)4/h7-10,13-14,17H,5-6,11-12,15-16,18H2,1-4H3,(H,26,32)(H,27,31). The van der Waals surface area contributed by atoms with Crippen molar-refractivity contribution >= 4 is 29.0 Å². The van der Waals surface area contributed by atoms with Crippen LogP contribution in [0.2, 0.25) is 0 Å². The number of carbonyl (C=O) groups excluding carboxylic acids is 2. The van der Waals surface area contributed by atoms with E-state index in [0.29, 0.717) is 18.8 Å². The number of amides is 3. The zero-order chi connectivity index (χ0) is 23.1. The van der Waals surface area contributed by atoms with Crippen LogP contribution in [0, 0.1) is 0 Å². The summed E-state index contributed by atoms with van der Waals surface area (Å²) in [6.45, 7) is 7.85. The first kappa shape index (κ1) is 23.8. The van der Waals surface area contributed by atoms with Gasteiger partial charge in [0.05, 0.1) is 17.9 Å². The molecule has 0 saturated heterocycles. The lowest BCUT2D eigenvalue weighted by atomic mass is 10.0. The van der Waals surface area contributed by atoms with Crippen molar-refractivity contribution in [1.29, 1.82) is 0 Å². The van der Waals surface area contributed by atoms with Crippen LogP contribution in [0.25, 0.3) is 0 Å². The Bertz CT molecular complexity index is 940. The molecule has 0 saturated carbocycles. The average molecular weight is 438 g/mol. The number of anilines is 3. The first-order chi connectivity index (χ1) is 15.4. The number of carbonyl (C=O) groups is 2. The molecule has 0 spiro atoms. The van der Waals surface area contributed by atoms with Gasteiger partial charge in [-0.15, -0.1) is 0 Å². The second-order valence-electron chi connectivity index (χ2n) is 8.35. The van der Waals surface area contributed by atoms with Crippen LogP contribution < -0.4 is 15.5 Å². The molecule has 3 amide bonds. The third kappa shape index (κ3) is 5.87. The molecule has 0 aliphatic carbocycles. The molecule has 0 aromatic heterocycles. The molecule has 0 atom stereocenters. The summed E-state index contributed by atoms with van der Waals surface area (Å²) < 4.78 is 0. The second kappa shape index (κ2) is 11.1. The second-order valence-corrected chi connectivity index (χ2v) is 8.35. The highest BCUT2D eigenvalue weighted by Gasteiger charge is 2.26. The molecule has 7 nitrogen and oxygen atoms in total. The highest BCUT2D eigenvalue weighted by molar-refractivity contribution is 6.02. The monoisotopic (exact) mass is 437 g/mol. The van der Waals surface area contributed by atoms with E-state index < -0.39 is 0 Å². The van der Waals surface area contributed by atoms with Gasteiger partial charge in [0.1, 0.15) is 0 Å². The van der Waals surface area contributed by atoms with Gasteiger partial charge >= 0.3 is 6.03 Å². The summed E-state index contributed by atoms with van der Waals surface area (Å²) in [5, 5.41) is 6.05. The average Bonchev–Trinajstić information content (AvgIpc) is 2.92. The number of hydrogen-bond donors (Lipinski definition) is 2. The summed E-state index contributed by atoms with van der Waals surface area (Å²) in [7, 11) is 3.72. The van der Waals surface area contributed by atoms with E-state index in [1.54, 1.807) is 4.90 Å². The van der Waals surface area contributed by atoms with Crippen molar-refractivity contribution in [2.75, 3.05) is 57.0 Å². The minimum Gasteiger partial charge on any atom is -0.336 e. The SMILES string of the molecule is CCN(CC)CCNC(=O)N1c2ccccc2CCc2ccc(NC(=O)CN(C)C)cc21. The van der Waals surface area contributed by atoms with E-state index in [1.807, 2.05) is 55.4 Å². The first-order valence-corrected chi connectivity index (χ1v) is 11.4. The Morgan fingerprint density at radius 3 is 2.34 bits per heavy atom. The highest BCUT2D eigenvalue weighted by atomic mass is 16.2. The van der Waals surface area contributed by atoms with Gasteiger partial charge in [-0.1, -0.05) is 38.1 Å². The molecule has 32 heavy (non-hydrogen) atoms. The number of rotatable bonds is 8. The molecular weight excluding hydrogens is 402 g/mol. The fourth-order valence-corrected chi connectivity index (χ4v) is 4.05. The molecule has 7 heteroatoms. The number of hydrogen-bond acceptors (Lipinski definition) is 4.